The van der Waals surface area contributed by atoms with Crippen molar-refractivity contribution in [1.29, 1.82) is 0 Å². The molecule has 2 N–H and O–H groups in total. The largest absolute Gasteiger partial charge is 2.00 e. The molecule has 0 aromatic rings. The predicted octanol–water partition coefficient (Wildman–Crippen LogP) is -3.59. The van der Waals surface area contributed by atoms with E-state index in [4.69, 9.17) is 26.6 Å². The summed E-state index contributed by atoms with van der Waals surface area (Å²) in [5.74, 6) is 0. The van der Waals surface area contributed by atoms with Gasteiger partial charge < -0.3 is 23.7 Å². The van der Waals surface area contributed by atoms with E-state index in [9.17, 15) is 0 Å². The number of hydrogen-bond donors (Lipinski definition) is 0. The first kappa shape index (κ1) is 29.2. The van der Waals surface area contributed by atoms with E-state index in [1.807, 2.05) is 0 Å². The van der Waals surface area contributed by atoms with E-state index in [0.29, 0.717) is 0 Å². The van der Waals surface area contributed by atoms with E-state index in [1.165, 1.54) is 0 Å². The zero-order valence-electron chi connectivity index (χ0n) is 5.18. The molecule has 0 amide bonds. The van der Waals surface area contributed by atoms with Crippen molar-refractivity contribution in [2.45, 2.75) is 0 Å². The maximum atomic E-state index is 8.44. The van der Waals surface area contributed by atoms with Crippen LogP contribution in [0.2, 0.25) is 0 Å². The van der Waals surface area contributed by atoms with Gasteiger partial charge in [-0.2, -0.15) is 0 Å². The Morgan fingerprint density at radius 2 is 0.727 bits per heavy atom. The van der Waals surface area contributed by atoms with Gasteiger partial charge in [-0.05, 0) is 0 Å². The van der Waals surface area contributed by atoms with Crippen LogP contribution < -0.4 is 0 Å². The van der Waals surface area contributed by atoms with Gasteiger partial charge in [-0.3, -0.25) is 8.42 Å². The average Bonchev–Trinajstić information content (AvgIpc) is 1.25. The molecule has 0 rings (SSSR count). The molecule has 0 aliphatic carbocycles. The van der Waals surface area contributed by atoms with Gasteiger partial charge in [0.25, 0.3) is 0 Å². The maximum absolute atomic E-state index is 8.44. The van der Waals surface area contributed by atoms with Crippen LogP contribution in [0.4, 0.5) is 0 Å². The van der Waals surface area contributed by atoms with E-state index in [2.05, 4.69) is 0 Å². The van der Waals surface area contributed by atoms with E-state index in [-0.39, 0.29) is 81.0 Å². The fraction of sp³-hybridized carbons (Fsp3) is 0. The van der Waals surface area contributed by atoms with Crippen LogP contribution in [0.3, 0.4) is 0 Å². The summed E-state index contributed by atoms with van der Waals surface area (Å²) in [6, 6.07) is 0. The maximum Gasteiger partial charge on any atom is 2.00 e. The van der Waals surface area contributed by atoms with Gasteiger partial charge in [0, 0.05) is 0 Å². The standard InChI is InChI=1S/2Ca.2H2O3S.H2O/c;;2*1-4(2)3;/h;;2*(H2,1,2,3);1H2/q2*+2;;;/p-4. The summed E-state index contributed by atoms with van der Waals surface area (Å²) in [6.07, 6.45) is 0. The van der Waals surface area contributed by atoms with Gasteiger partial charge in [-0.1, -0.05) is 0 Å². The molecular formula is H2Ca2O7S2. The molecule has 0 aliphatic rings. The SMILES string of the molecule is O.O=S([O-])[O-].O=S([O-])[O-].[Ca+2].[Ca+2]. The molecule has 0 saturated carbocycles. The average molecular weight is 258 g/mol. The number of rotatable bonds is 0. The van der Waals surface area contributed by atoms with Crippen LogP contribution in [0.25, 0.3) is 0 Å². The van der Waals surface area contributed by atoms with E-state index in [1.54, 1.807) is 0 Å². The minimum absolute atomic E-state index is 0. The van der Waals surface area contributed by atoms with Gasteiger partial charge in [0.05, 0.1) is 0 Å². The van der Waals surface area contributed by atoms with Gasteiger partial charge >= 0.3 is 75.5 Å². The summed E-state index contributed by atoms with van der Waals surface area (Å²) in [7, 11) is 0. The summed E-state index contributed by atoms with van der Waals surface area (Å²) in [5.41, 5.74) is 0. The van der Waals surface area contributed by atoms with Crippen molar-refractivity contribution in [1.82, 2.24) is 0 Å². The van der Waals surface area contributed by atoms with Crippen molar-refractivity contribution >= 4 is 98.2 Å². The molecule has 11 heavy (non-hydrogen) atoms. The Morgan fingerprint density at radius 3 is 0.727 bits per heavy atom. The predicted molar refractivity (Wildman–Crippen MR) is 34.5 cm³/mol. The molecule has 0 unspecified atom stereocenters. The molecule has 11 heteroatoms. The third-order valence-electron chi connectivity index (χ3n) is 0. The zero-order chi connectivity index (χ0) is 7.15. The smallest absolute Gasteiger partial charge is 0.784 e. The molecule has 60 valence electrons. The molecule has 0 aromatic heterocycles. The zero-order valence-corrected chi connectivity index (χ0v) is 11.2. The molecule has 0 heterocycles. The molecule has 7 nitrogen and oxygen atoms in total. The van der Waals surface area contributed by atoms with E-state index in [0.717, 1.165) is 0 Å². The second-order valence-electron chi connectivity index (χ2n) is 0.408. The topological polar surface area (TPSA) is 158 Å². The molecule has 0 spiro atoms. The first-order chi connectivity index (χ1) is 3.46. The normalized spacial score (nSPS) is 6.36. The van der Waals surface area contributed by atoms with Crippen LogP contribution in [0.1, 0.15) is 0 Å². The fourth-order valence-electron chi connectivity index (χ4n) is 0. The molecule has 0 bridgehead atoms. The van der Waals surface area contributed by atoms with Crippen LogP contribution in [0.15, 0.2) is 0 Å². The van der Waals surface area contributed by atoms with Crippen molar-refractivity contribution < 1.29 is 32.1 Å². The second kappa shape index (κ2) is 22.9. The molecule has 0 radical (unpaired) electrons. The van der Waals surface area contributed by atoms with Crippen LogP contribution >= 0.6 is 0 Å². The monoisotopic (exact) mass is 258 g/mol. The van der Waals surface area contributed by atoms with Crippen molar-refractivity contribution in [3.63, 3.8) is 0 Å². The van der Waals surface area contributed by atoms with E-state index < -0.39 is 22.7 Å². The minimum Gasteiger partial charge on any atom is -0.784 e. The van der Waals surface area contributed by atoms with Crippen molar-refractivity contribution in [3.8, 4) is 0 Å². The van der Waals surface area contributed by atoms with Crippen molar-refractivity contribution in [2.75, 3.05) is 0 Å². The Balaban J connectivity index is -0.0000000171. The molecule has 0 aliphatic heterocycles. The number of hydrogen-bond acceptors (Lipinski definition) is 6. The molecule has 0 fully saturated rings. The summed E-state index contributed by atoms with van der Waals surface area (Å²) < 4.78 is 50.7. The van der Waals surface area contributed by atoms with Crippen LogP contribution in [-0.2, 0) is 22.7 Å². The Kier molecular flexibility index (Phi) is 60.9. The van der Waals surface area contributed by atoms with Gasteiger partial charge in [-0.25, -0.2) is 0 Å². The third-order valence-corrected chi connectivity index (χ3v) is 0. The van der Waals surface area contributed by atoms with Crippen molar-refractivity contribution in [3.05, 3.63) is 0 Å². The Morgan fingerprint density at radius 1 is 0.727 bits per heavy atom. The van der Waals surface area contributed by atoms with Crippen LogP contribution in [0, 0.1) is 0 Å². The summed E-state index contributed by atoms with van der Waals surface area (Å²) >= 11 is -6.22. The Bertz CT molecular complexity index is 72.4. The molecular weight excluding hydrogens is 256 g/mol. The molecule has 0 saturated heterocycles. The van der Waals surface area contributed by atoms with E-state index >= 15 is 0 Å². The van der Waals surface area contributed by atoms with Gasteiger partial charge in [0.15, 0.2) is 0 Å². The first-order valence-corrected chi connectivity index (χ1v) is 3.00. The Hall–Kier alpha value is 2.62. The van der Waals surface area contributed by atoms with Gasteiger partial charge in [-0.15, -0.1) is 22.7 Å². The van der Waals surface area contributed by atoms with Gasteiger partial charge in [0.1, 0.15) is 0 Å². The molecule has 0 aromatic carbocycles. The van der Waals surface area contributed by atoms with Gasteiger partial charge in [0.2, 0.25) is 0 Å². The third kappa shape index (κ3) is 207. The second-order valence-corrected chi connectivity index (χ2v) is 1.22. The summed E-state index contributed by atoms with van der Waals surface area (Å²) in [4.78, 5) is 0. The minimum atomic E-state index is -3.11. The first-order valence-electron chi connectivity index (χ1n) is 1.00. The summed E-state index contributed by atoms with van der Waals surface area (Å²) in [5, 5.41) is 0. The quantitative estimate of drug-likeness (QED) is 0.322. The summed E-state index contributed by atoms with van der Waals surface area (Å²) in [6.45, 7) is 0. The molecule has 0 atom stereocenters. The van der Waals surface area contributed by atoms with Crippen LogP contribution in [0.5, 0.6) is 0 Å². The fourth-order valence-corrected chi connectivity index (χ4v) is 0. The van der Waals surface area contributed by atoms with Crippen molar-refractivity contribution in [2.24, 2.45) is 0 Å². The Labute approximate surface area is 128 Å². The van der Waals surface area contributed by atoms with Crippen LogP contribution in [-0.4, -0.2) is 108 Å².